The Hall–Kier alpha value is -1.94. The Kier molecular flexibility index (Phi) is 4.47. The Morgan fingerprint density at radius 3 is 2.42 bits per heavy atom. The molecule has 19 heavy (non-hydrogen) atoms. The Morgan fingerprint density at radius 2 is 1.79 bits per heavy atom. The van der Waals surface area contributed by atoms with Crippen molar-refractivity contribution in [3.05, 3.63) is 54.1 Å². The summed E-state index contributed by atoms with van der Waals surface area (Å²) in [6.07, 6.45) is 5.32. The average Bonchev–Trinajstić information content (AvgIpc) is 2.42. The van der Waals surface area contributed by atoms with Gasteiger partial charge in [-0.05, 0) is 27.0 Å². The molecule has 1 heterocycles. The molecule has 2 aromatic rings. The molecule has 0 aliphatic carbocycles. The van der Waals surface area contributed by atoms with Crippen molar-refractivity contribution in [1.82, 2.24) is 15.3 Å². The van der Waals surface area contributed by atoms with E-state index < -0.39 is 0 Å². The summed E-state index contributed by atoms with van der Waals surface area (Å²) in [5.41, 5.74) is 2.11. The lowest BCUT2D eigenvalue weighted by Gasteiger charge is -2.21. The largest absolute Gasteiger partial charge is 0.491 e. The van der Waals surface area contributed by atoms with Gasteiger partial charge in [-0.2, -0.15) is 0 Å². The molecule has 0 saturated heterocycles. The van der Waals surface area contributed by atoms with Crippen LogP contribution in [0.15, 0.2) is 43.0 Å². The average molecular weight is 257 g/mol. The van der Waals surface area contributed by atoms with Crippen LogP contribution in [0, 0.1) is 0 Å². The molecule has 0 aliphatic rings. The fourth-order valence-corrected chi connectivity index (χ4v) is 2.04. The monoisotopic (exact) mass is 257 g/mol. The summed E-state index contributed by atoms with van der Waals surface area (Å²) in [6.45, 7) is 4.05. The second-order valence-electron chi connectivity index (χ2n) is 4.60. The molecule has 0 fully saturated rings. The van der Waals surface area contributed by atoms with Gasteiger partial charge in [0.2, 0.25) is 0 Å². The highest BCUT2D eigenvalue weighted by atomic mass is 16.5. The minimum atomic E-state index is 0.0242. The van der Waals surface area contributed by atoms with Crippen molar-refractivity contribution < 1.29 is 4.74 Å². The van der Waals surface area contributed by atoms with Crippen molar-refractivity contribution in [2.75, 3.05) is 7.05 Å². The topological polar surface area (TPSA) is 47.0 Å². The summed E-state index contributed by atoms with van der Waals surface area (Å²) in [5.74, 6) is 0.890. The third kappa shape index (κ3) is 3.29. The Morgan fingerprint density at radius 1 is 1.11 bits per heavy atom. The van der Waals surface area contributed by atoms with Crippen LogP contribution >= 0.6 is 0 Å². The van der Waals surface area contributed by atoms with Crippen molar-refractivity contribution in [2.24, 2.45) is 0 Å². The van der Waals surface area contributed by atoms with Gasteiger partial charge in [-0.3, -0.25) is 0 Å². The number of hydrogen-bond donors (Lipinski definition) is 1. The summed E-state index contributed by atoms with van der Waals surface area (Å²) in [4.78, 5) is 8.16. The van der Waals surface area contributed by atoms with Gasteiger partial charge in [0.15, 0.2) is 0 Å². The van der Waals surface area contributed by atoms with Gasteiger partial charge in [-0.1, -0.05) is 18.2 Å². The van der Waals surface area contributed by atoms with E-state index in [1.54, 1.807) is 0 Å². The lowest BCUT2D eigenvalue weighted by atomic mass is 10.0. The van der Waals surface area contributed by atoms with E-state index in [-0.39, 0.29) is 12.1 Å². The van der Waals surface area contributed by atoms with Crippen LogP contribution in [0.25, 0.3) is 0 Å². The summed E-state index contributed by atoms with van der Waals surface area (Å²) in [5, 5.41) is 3.29. The summed E-state index contributed by atoms with van der Waals surface area (Å²) in [7, 11) is 1.92. The van der Waals surface area contributed by atoms with Crippen LogP contribution < -0.4 is 10.1 Å². The normalized spacial score (nSPS) is 12.4. The summed E-state index contributed by atoms with van der Waals surface area (Å²) < 4.78 is 5.87. The highest BCUT2D eigenvalue weighted by Crippen LogP contribution is 2.29. The molecule has 1 N–H and O–H groups in total. The predicted molar refractivity (Wildman–Crippen MR) is 75.1 cm³/mol. The molecule has 1 unspecified atom stereocenters. The molecule has 0 amide bonds. The highest BCUT2D eigenvalue weighted by Gasteiger charge is 2.17. The molecule has 0 aliphatic heterocycles. The first-order chi connectivity index (χ1) is 9.22. The lowest BCUT2D eigenvalue weighted by Crippen LogP contribution is -2.20. The third-order valence-electron chi connectivity index (χ3n) is 2.80. The molecule has 0 radical (unpaired) electrons. The van der Waals surface area contributed by atoms with Crippen LogP contribution in [0.5, 0.6) is 5.75 Å². The zero-order valence-electron chi connectivity index (χ0n) is 11.5. The Labute approximate surface area is 113 Å². The second-order valence-corrected chi connectivity index (χ2v) is 4.60. The minimum Gasteiger partial charge on any atom is -0.491 e. The first kappa shape index (κ1) is 13.5. The van der Waals surface area contributed by atoms with Gasteiger partial charge in [0, 0.05) is 23.5 Å². The lowest BCUT2D eigenvalue weighted by molar-refractivity contribution is 0.238. The van der Waals surface area contributed by atoms with Gasteiger partial charge in [0.05, 0.1) is 12.1 Å². The first-order valence-electron chi connectivity index (χ1n) is 6.40. The molecule has 2 rings (SSSR count). The SMILES string of the molecule is CNC(c1cncnc1)c1ccccc1OC(C)C. The number of nitrogens with one attached hydrogen (secondary N) is 1. The second kappa shape index (κ2) is 6.29. The fourth-order valence-electron chi connectivity index (χ4n) is 2.04. The van der Waals surface area contributed by atoms with E-state index in [0.717, 1.165) is 16.9 Å². The molecule has 100 valence electrons. The van der Waals surface area contributed by atoms with Crippen molar-refractivity contribution >= 4 is 0 Å². The molecular formula is C15H19N3O. The zero-order chi connectivity index (χ0) is 13.7. The predicted octanol–water partition coefficient (Wildman–Crippen LogP) is 2.57. The molecular weight excluding hydrogens is 238 g/mol. The summed E-state index contributed by atoms with van der Waals surface area (Å²) in [6, 6.07) is 8.07. The van der Waals surface area contributed by atoms with E-state index >= 15 is 0 Å². The van der Waals surface area contributed by atoms with E-state index in [1.165, 1.54) is 6.33 Å². The molecule has 4 nitrogen and oxygen atoms in total. The highest BCUT2D eigenvalue weighted by molar-refractivity contribution is 5.40. The van der Waals surface area contributed by atoms with Crippen molar-refractivity contribution in [1.29, 1.82) is 0 Å². The minimum absolute atomic E-state index is 0.0242. The Balaban J connectivity index is 2.38. The number of benzene rings is 1. The van der Waals surface area contributed by atoms with Gasteiger partial charge in [-0.15, -0.1) is 0 Å². The van der Waals surface area contributed by atoms with Crippen LogP contribution in [0.2, 0.25) is 0 Å². The Bertz CT molecular complexity index is 514. The molecule has 0 saturated carbocycles. The maximum atomic E-state index is 5.87. The van der Waals surface area contributed by atoms with Gasteiger partial charge in [0.1, 0.15) is 12.1 Å². The summed E-state index contributed by atoms with van der Waals surface area (Å²) >= 11 is 0. The molecule has 1 atom stereocenters. The van der Waals surface area contributed by atoms with Crippen molar-refractivity contribution in [3.8, 4) is 5.75 Å². The molecule has 0 bridgehead atoms. The number of ether oxygens (including phenoxy) is 1. The van der Waals surface area contributed by atoms with Crippen LogP contribution in [0.4, 0.5) is 0 Å². The van der Waals surface area contributed by atoms with Crippen LogP contribution in [0.3, 0.4) is 0 Å². The van der Waals surface area contributed by atoms with Crippen molar-refractivity contribution in [2.45, 2.75) is 26.0 Å². The number of para-hydroxylation sites is 1. The molecule has 1 aromatic heterocycles. The van der Waals surface area contributed by atoms with E-state index in [2.05, 4.69) is 21.4 Å². The van der Waals surface area contributed by atoms with E-state index in [9.17, 15) is 0 Å². The van der Waals surface area contributed by atoms with Crippen LogP contribution in [-0.2, 0) is 0 Å². The fraction of sp³-hybridized carbons (Fsp3) is 0.333. The standard InChI is InChI=1S/C15H19N3O/c1-11(2)19-14-7-5-4-6-13(14)15(16-3)12-8-17-10-18-9-12/h4-11,15-16H,1-3H3. The first-order valence-corrected chi connectivity index (χ1v) is 6.40. The molecule has 0 spiro atoms. The maximum Gasteiger partial charge on any atom is 0.124 e. The van der Waals surface area contributed by atoms with Gasteiger partial charge < -0.3 is 10.1 Å². The quantitative estimate of drug-likeness (QED) is 0.894. The van der Waals surface area contributed by atoms with E-state index in [4.69, 9.17) is 4.74 Å². The van der Waals surface area contributed by atoms with Crippen molar-refractivity contribution in [3.63, 3.8) is 0 Å². The molecule has 1 aromatic carbocycles. The van der Waals surface area contributed by atoms with E-state index in [1.807, 2.05) is 51.5 Å². The zero-order valence-corrected chi connectivity index (χ0v) is 11.5. The third-order valence-corrected chi connectivity index (χ3v) is 2.80. The van der Waals surface area contributed by atoms with E-state index in [0.29, 0.717) is 0 Å². The number of hydrogen-bond acceptors (Lipinski definition) is 4. The number of nitrogens with zero attached hydrogens (tertiary/aromatic N) is 2. The van der Waals surface area contributed by atoms with Gasteiger partial charge in [-0.25, -0.2) is 9.97 Å². The smallest absolute Gasteiger partial charge is 0.124 e. The van der Waals surface area contributed by atoms with Crippen LogP contribution in [0.1, 0.15) is 31.0 Å². The number of aromatic nitrogens is 2. The van der Waals surface area contributed by atoms with Crippen LogP contribution in [-0.4, -0.2) is 23.1 Å². The molecule has 4 heteroatoms. The maximum absolute atomic E-state index is 5.87. The number of rotatable bonds is 5. The van der Waals surface area contributed by atoms with Gasteiger partial charge in [0.25, 0.3) is 0 Å². The van der Waals surface area contributed by atoms with Gasteiger partial charge >= 0.3 is 0 Å².